The maximum Gasteiger partial charge on any atom is 0.0471 e. The summed E-state index contributed by atoms with van der Waals surface area (Å²) in [5, 5.41) is 3.99. The van der Waals surface area contributed by atoms with Crippen molar-refractivity contribution < 1.29 is 0 Å². The van der Waals surface area contributed by atoms with Gasteiger partial charge < -0.3 is 5.43 Å². The number of aliphatic imine (C=N–C) groups is 1. The third kappa shape index (κ3) is 4.60. The lowest BCUT2D eigenvalue weighted by atomic mass is 9.89. The smallest absolute Gasteiger partial charge is 0.0471 e. The summed E-state index contributed by atoms with van der Waals surface area (Å²) in [5.74, 6) is 0.970. The number of hydrazone groups is 1. The summed E-state index contributed by atoms with van der Waals surface area (Å²) in [6.07, 6.45) is 4.96. The standard InChI is InChI=1S/C13H25N3/c1-7-11(4)13(14-5)12(10(2)3)8-9-16-15-6/h8-11,15H,7H2,1-6H3/b12-8-,14-13?,16-9-. The van der Waals surface area contributed by atoms with Crippen LogP contribution in [0.1, 0.15) is 34.1 Å². The normalized spacial score (nSPS) is 15.9. The molecule has 0 amide bonds. The van der Waals surface area contributed by atoms with Gasteiger partial charge in [-0.15, -0.1) is 0 Å². The zero-order valence-corrected chi connectivity index (χ0v) is 11.4. The Morgan fingerprint density at radius 1 is 1.31 bits per heavy atom. The number of rotatable bonds is 6. The Morgan fingerprint density at radius 2 is 1.94 bits per heavy atom. The quantitative estimate of drug-likeness (QED) is 0.545. The van der Waals surface area contributed by atoms with Crippen molar-refractivity contribution in [2.45, 2.75) is 34.1 Å². The highest BCUT2D eigenvalue weighted by molar-refractivity contribution is 6.04. The molecule has 0 rings (SSSR count). The first-order valence-corrected chi connectivity index (χ1v) is 5.95. The van der Waals surface area contributed by atoms with Gasteiger partial charge >= 0.3 is 0 Å². The second kappa shape index (κ2) is 8.08. The van der Waals surface area contributed by atoms with Crippen LogP contribution in [0, 0.1) is 11.8 Å². The van der Waals surface area contributed by atoms with Crippen LogP contribution >= 0.6 is 0 Å². The lowest BCUT2D eigenvalue weighted by Gasteiger charge is -2.18. The monoisotopic (exact) mass is 223 g/mol. The maximum atomic E-state index is 4.43. The summed E-state index contributed by atoms with van der Waals surface area (Å²) in [6, 6.07) is 0. The lowest BCUT2D eigenvalue weighted by Crippen LogP contribution is -2.17. The van der Waals surface area contributed by atoms with Gasteiger partial charge in [-0.3, -0.25) is 4.99 Å². The molecule has 0 aromatic rings. The fourth-order valence-corrected chi connectivity index (χ4v) is 1.59. The Morgan fingerprint density at radius 3 is 2.31 bits per heavy atom. The van der Waals surface area contributed by atoms with Gasteiger partial charge in [-0.25, -0.2) is 0 Å². The maximum absolute atomic E-state index is 4.43. The second-order valence-corrected chi connectivity index (χ2v) is 4.20. The molecule has 0 aliphatic carbocycles. The molecule has 0 saturated heterocycles. The third-order valence-corrected chi connectivity index (χ3v) is 2.70. The average molecular weight is 223 g/mol. The molecule has 1 N–H and O–H groups in total. The Labute approximate surface area is 99.7 Å². The summed E-state index contributed by atoms with van der Waals surface area (Å²) < 4.78 is 0. The summed E-state index contributed by atoms with van der Waals surface area (Å²) in [7, 11) is 3.66. The minimum absolute atomic E-state index is 0.469. The van der Waals surface area contributed by atoms with E-state index in [-0.39, 0.29) is 0 Å². The van der Waals surface area contributed by atoms with Crippen molar-refractivity contribution in [3.05, 3.63) is 11.6 Å². The summed E-state index contributed by atoms with van der Waals surface area (Å²) in [5.41, 5.74) is 5.22. The molecule has 3 heteroatoms. The van der Waals surface area contributed by atoms with Crippen molar-refractivity contribution >= 4 is 11.9 Å². The van der Waals surface area contributed by atoms with Gasteiger partial charge in [0, 0.05) is 26.0 Å². The Balaban J connectivity index is 5.03. The number of nitrogens with zero attached hydrogens (tertiary/aromatic N) is 2. The molecule has 1 unspecified atom stereocenters. The molecule has 0 bridgehead atoms. The van der Waals surface area contributed by atoms with Crippen molar-refractivity contribution in [1.82, 2.24) is 5.43 Å². The van der Waals surface area contributed by atoms with E-state index in [9.17, 15) is 0 Å². The second-order valence-electron chi connectivity index (χ2n) is 4.20. The number of hydrogen-bond donors (Lipinski definition) is 1. The van der Waals surface area contributed by atoms with Crippen LogP contribution in [0.25, 0.3) is 0 Å². The molecule has 0 aliphatic rings. The van der Waals surface area contributed by atoms with Gasteiger partial charge in [0.2, 0.25) is 0 Å². The van der Waals surface area contributed by atoms with E-state index < -0.39 is 0 Å². The zero-order valence-electron chi connectivity index (χ0n) is 11.4. The van der Waals surface area contributed by atoms with E-state index in [4.69, 9.17) is 0 Å². The van der Waals surface area contributed by atoms with Crippen molar-refractivity contribution in [1.29, 1.82) is 0 Å². The Hall–Kier alpha value is -1.12. The molecular weight excluding hydrogens is 198 g/mol. The zero-order chi connectivity index (χ0) is 12.6. The summed E-state index contributed by atoms with van der Waals surface area (Å²) in [4.78, 5) is 4.43. The molecular formula is C13H25N3. The van der Waals surface area contributed by atoms with Crippen LogP contribution in [0.15, 0.2) is 21.7 Å². The number of hydrogen-bond acceptors (Lipinski definition) is 3. The van der Waals surface area contributed by atoms with Gasteiger partial charge in [-0.1, -0.05) is 27.7 Å². The molecule has 0 radical (unpaired) electrons. The topological polar surface area (TPSA) is 36.8 Å². The number of allylic oxidation sites excluding steroid dienone is 2. The van der Waals surface area contributed by atoms with Crippen molar-refractivity contribution in [2.75, 3.05) is 14.1 Å². The average Bonchev–Trinajstić information content (AvgIpc) is 2.27. The van der Waals surface area contributed by atoms with E-state index in [1.807, 2.05) is 7.05 Å². The molecule has 0 spiro atoms. The first-order chi connectivity index (χ1) is 7.58. The van der Waals surface area contributed by atoms with Gasteiger partial charge in [-0.05, 0) is 29.9 Å². The first-order valence-electron chi connectivity index (χ1n) is 5.95. The van der Waals surface area contributed by atoms with Crippen molar-refractivity contribution in [3.8, 4) is 0 Å². The van der Waals surface area contributed by atoms with Crippen LogP contribution in [0.3, 0.4) is 0 Å². The van der Waals surface area contributed by atoms with Crippen molar-refractivity contribution in [2.24, 2.45) is 21.9 Å². The van der Waals surface area contributed by atoms with Crippen molar-refractivity contribution in [3.63, 3.8) is 0 Å². The predicted molar refractivity (Wildman–Crippen MR) is 73.3 cm³/mol. The van der Waals surface area contributed by atoms with Gasteiger partial charge in [0.05, 0.1) is 0 Å². The third-order valence-electron chi connectivity index (χ3n) is 2.70. The van der Waals surface area contributed by atoms with Crippen LogP contribution in [0.2, 0.25) is 0 Å². The minimum Gasteiger partial charge on any atom is -0.313 e. The van der Waals surface area contributed by atoms with Crippen LogP contribution in [0.4, 0.5) is 0 Å². The highest BCUT2D eigenvalue weighted by atomic mass is 15.3. The molecule has 0 saturated carbocycles. The molecule has 16 heavy (non-hydrogen) atoms. The highest BCUT2D eigenvalue weighted by Crippen LogP contribution is 2.18. The fourth-order valence-electron chi connectivity index (χ4n) is 1.59. The molecule has 3 nitrogen and oxygen atoms in total. The minimum atomic E-state index is 0.469. The van der Waals surface area contributed by atoms with Crippen LogP contribution in [-0.4, -0.2) is 26.0 Å². The Kier molecular flexibility index (Phi) is 7.52. The number of nitrogens with one attached hydrogen (secondary N) is 1. The lowest BCUT2D eigenvalue weighted by molar-refractivity contribution is 0.712. The van der Waals surface area contributed by atoms with Gasteiger partial charge in [0.1, 0.15) is 0 Å². The molecule has 0 aliphatic heterocycles. The molecule has 0 heterocycles. The van der Waals surface area contributed by atoms with Crippen LogP contribution in [0.5, 0.6) is 0 Å². The SMILES string of the molecule is CCC(C)C(=NC)/C(=C\C=N/NC)C(C)C. The van der Waals surface area contributed by atoms with E-state index in [1.165, 1.54) is 11.3 Å². The Bertz CT molecular complexity index is 275. The summed E-state index contributed by atoms with van der Waals surface area (Å²) >= 11 is 0. The fraction of sp³-hybridized carbons (Fsp3) is 0.692. The van der Waals surface area contributed by atoms with E-state index >= 15 is 0 Å². The largest absolute Gasteiger partial charge is 0.313 e. The van der Waals surface area contributed by atoms with E-state index in [2.05, 4.69) is 49.3 Å². The van der Waals surface area contributed by atoms with Gasteiger partial charge in [0.15, 0.2) is 0 Å². The molecule has 92 valence electrons. The molecule has 1 atom stereocenters. The van der Waals surface area contributed by atoms with Gasteiger partial charge in [-0.2, -0.15) is 5.10 Å². The molecule has 0 aromatic carbocycles. The highest BCUT2D eigenvalue weighted by Gasteiger charge is 2.15. The van der Waals surface area contributed by atoms with Crippen LogP contribution in [-0.2, 0) is 0 Å². The summed E-state index contributed by atoms with van der Waals surface area (Å²) in [6.45, 7) is 8.78. The van der Waals surface area contributed by atoms with E-state index in [0.29, 0.717) is 11.8 Å². The van der Waals surface area contributed by atoms with E-state index in [1.54, 1.807) is 13.3 Å². The molecule has 0 aromatic heterocycles. The molecule has 0 fully saturated rings. The predicted octanol–water partition coefficient (Wildman–Crippen LogP) is 2.89. The van der Waals surface area contributed by atoms with E-state index in [0.717, 1.165) is 6.42 Å². The van der Waals surface area contributed by atoms with Gasteiger partial charge in [0.25, 0.3) is 0 Å². The first kappa shape index (κ1) is 14.9. The van der Waals surface area contributed by atoms with Crippen LogP contribution < -0.4 is 5.43 Å².